The summed E-state index contributed by atoms with van der Waals surface area (Å²) in [5.41, 5.74) is 6.02. The molecule has 5 nitrogen and oxygen atoms in total. The van der Waals surface area contributed by atoms with E-state index in [2.05, 4.69) is 39.5 Å². The Morgan fingerprint density at radius 1 is 0.939 bits per heavy atom. The van der Waals surface area contributed by atoms with Crippen molar-refractivity contribution in [1.82, 2.24) is 9.88 Å². The highest BCUT2D eigenvalue weighted by Gasteiger charge is 2.28. The summed E-state index contributed by atoms with van der Waals surface area (Å²) in [7, 11) is 0. The Morgan fingerprint density at radius 3 is 2.67 bits per heavy atom. The Labute approximate surface area is 192 Å². The summed E-state index contributed by atoms with van der Waals surface area (Å²) in [6, 6.07) is 21.7. The van der Waals surface area contributed by atoms with E-state index < -0.39 is 0 Å². The molecule has 0 unspecified atom stereocenters. The van der Waals surface area contributed by atoms with Crippen LogP contribution in [0.4, 0.5) is 5.69 Å². The minimum Gasteiger partial charge on any atom is -0.325 e. The van der Waals surface area contributed by atoms with Gasteiger partial charge < -0.3 is 5.32 Å². The van der Waals surface area contributed by atoms with Crippen molar-refractivity contribution in [2.75, 3.05) is 18.4 Å². The third-order valence-corrected chi connectivity index (χ3v) is 6.72. The highest BCUT2D eigenvalue weighted by molar-refractivity contribution is 6.27. The van der Waals surface area contributed by atoms with Crippen molar-refractivity contribution < 1.29 is 9.59 Å². The average Bonchev–Trinajstić information content (AvgIpc) is 2.85. The molecule has 0 saturated carbocycles. The molecule has 1 aromatic heterocycles. The van der Waals surface area contributed by atoms with Gasteiger partial charge in [-0.05, 0) is 35.1 Å². The molecule has 1 N–H and O–H groups in total. The van der Waals surface area contributed by atoms with Gasteiger partial charge in [-0.15, -0.1) is 0 Å². The maximum atomic E-state index is 13.4. The van der Waals surface area contributed by atoms with Gasteiger partial charge in [0.05, 0.1) is 16.9 Å². The number of carbonyl (C=O) groups is 2. The normalized spacial score (nSPS) is 14.6. The quantitative estimate of drug-likeness (QED) is 0.441. The van der Waals surface area contributed by atoms with Crippen LogP contribution in [-0.4, -0.2) is 34.7 Å². The fraction of sp³-hybridized carbons (Fsp3) is 0.179. The van der Waals surface area contributed by atoms with Gasteiger partial charge in [0.1, 0.15) is 0 Å². The summed E-state index contributed by atoms with van der Waals surface area (Å²) in [6.45, 7) is 2.51. The number of rotatable bonds is 4. The fourth-order valence-electron chi connectivity index (χ4n) is 5.07. The predicted molar refractivity (Wildman–Crippen MR) is 129 cm³/mol. The first kappa shape index (κ1) is 19.8. The Kier molecular flexibility index (Phi) is 4.77. The van der Waals surface area contributed by atoms with Gasteiger partial charge in [-0.2, -0.15) is 0 Å². The van der Waals surface area contributed by atoms with E-state index in [0.29, 0.717) is 29.8 Å². The lowest BCUT2D eigenvalue weighted by molar-refractivity contribution is -0.116. The first-order valence-corrected chi connectivity index (χ1v) is 11.3. The van der Waals surface area contributed by atoms with Gasteiger partial charge in [-0.25, -0.2) is 0 Å². The lowest BCUT2D eigenvalue weighted by Crippen LogP contribution is -2.33. The molecule has 0 fully saturated rings. The number of anilines is 1. The molecule has 2 aliphatic rings. The van der Waals surface area contributed by atoms with Crippen molar-refractivity contribution in [3.8, 4) is 11.3 Å². The number of hydrogen-bond acceptors (Lipinski definition) is 4. The third-order valence-electron chi connectivity index (χ3n) is 6.72. The van der Waals surface area contributed by atoms with E-state index in [1.165, 1.54) is 11.1 Å². The molecule has 0 spiro atoms. The molecule has 0 saturated heterocycles. The van der Waals surface area contributed by atoms with Crippen molar-refractivity contribution in [2.45, 2.75) is 19.4 Å². The highest BCUT2D eigenvalue weighted by atomic mass is 16.1. The van der Waals surface area contributed by atoms with Crippen molar-refractivity contribution in [1.29, 1.82) is 0 Å². The van der Waals surface area contributed by atoms with Crippen molar-refractivity contribution >= 4 is 28.2 Å². The van der Waals surface area contributed by atoms with Gasteiger partial charge in [0, 0.05) is 48.8 Å². The summed E-state index contributed by atoms with van der Waals surface area (Å²) in [5, 5.41) is 4.88. The fourth-order valence-corrected chi connectivity index (χ4v) is 5.07. The lowest BCUT2D eigenvalue weighted by Gasteiger charge is -2.28. The molecular formula is C28H23N3O2. The zero-order valence-corrected chi connectivity index (χ0v) is 18.2. The number of benzene rings is 3. The number of pyridine rings is 1. The van der Waals surface area contributed by atoms with Crippen LogP contribution < -0.4 is 5.32 Å². The molecule has 0 atom stereocenters. The van der Waals surface area contributed by atoms with E-state index >= 15 is 0 Å². The van der Waals surface area contributed by atoms with Gasteiger partial charge in [-0.3, -0.25) is 19.5 Å². The van der Waals surface area contributed by atoms with Crippen LogP contribution in [-0.2, 0) is 17.8 Å². The lowest BCUT2D eigenvalue weighted by atomic mass is 9.85. The largest absolute Gasteiger partial charge is 0.325 e. The van der Waals surface area contributed by atoms with Gasteiger partial charge in [0.2, 0.25) is 5.91 Å². The molecule has 0 radical (unpaired) electrons. The summed E-state index contributed by atoms with van der Waals surface area (Å²) in [4.78, 5) is 33.2. The Morgan fingerprint density at radius 2 is 1.76 bits per heavy atom. The average molecular weight is 434 g/mol. The van der Waals surface area contributed by atoms with E-state index in [1.807, 2.05) is 36.4 Å². The van der Waals surface area contributed by atoms with Crippen LogP contribution in [0.25, 0.3) is 22.0 Å². The van der Waals surface area contributed by atoms with Crippen LogP contribution in [0.15, 0.2) is 72.9 Å². The standard InChI is InChI=1S/C28H23N3O2/c32-24(13-16-31-15-12-18-5-1-2-6-20(18)17-31)30-23-10-4-8-21-26(23)28(33)22-9-3-7-19-11-14-29-27(21)25(19)22/h1-11,14H,12-13,15-17H2,(H,30,32). The van der Waals surface area contributed by atoms with Crippen LogP contribution in [0.1, 0.15) is 33.5 Å². The maximum Gasteiger partial charge on any atom is 0.225 e. The van der Waals surface area contributed by atoms with Crippen LogP contribution >= 0.6 is 0 Å². The van der Waals surface area contributed by atoms with Crippen LogP contribution in [0, 0.1) is 0 Å². The molecule has 1 aliphatic carbocycles. The summed E-state index contributed by atoms with van der Waals surface area (Å²) >= 11 is 0. The number of hydrogen-bond donors (Lipinski definition) is 1. The molecular weight excluding hydrogens is 410 g/mol. The van der Waals surface area contributed by atoms with E-state index in [4.69, 9.17) is 0 Å². The van der Waals surface area contributed by atoms with E-state index in [0.717, 1.165) is 41.5 Å². The Balaban J connectivity index is 1.23. The number of nitrogens with zero attached hydrogens (tertiary/aromatic N) is 2. The number of nitrogens with one attached hydrogen (secondary N) is 1. The smallest absolute Gasteiger partial charge is 0.225 e. The highest BCUT2D eigenvalue weighted by Crippen LogP contribution is 2.40. The topological polar surface area (TPSA) is 62.3 Å². The summed E-state index contributed by atoms with van der Waals surface area (Å²) in [6.07, 6.45) is 3.16. The van der Waals surface area contributed by atoms with Gasteiger partial charge in [0.15, 0.2) is 5.78 Å². The Bertz CT molecular complexity index is 1420. The van der Waals surface area contributed by atoms with Crippen molar-refractivity contribution in [3.63, 3.8) is 0 Å². The maximum absolute atomic E-state index is 13.4. The molecule has 1 aliphatic heterocycles. The number of fused-ring (bicyclic) bond motifs is 3. The van der Waals surface area contributed by atoms with E-state index in [9.17, 15) is 9.59 Å². The number of ketones is 1. The van der Waals surface area contributed by atoms with Crippen molar-refractivity contribution in [2.24, 2.45) is 0 Å². The second-order valence-corrected chi connectivity index (χ2v) is 8.71. The molecule has 33 heavy (non-hydrogen) atoms. The SMILES string of the molecule is O=C(CCN1CCc2ccccc2C1)Nc1cccc2c1C(=O)c1cccc3ccnc-2c13. The number of aromatic nitrogens is 1. The minimum absolute atomic E-state index is 0.0698. The van der Waals surface area contributed by atoms with Gasteiger partial charge >= 0.3 is 0 Å². The number of amides is 1. The second kappa shape index (κ2) is 7.94. The summed E-state index contributed by atoms with van der Waals surface area (Å²) in [5.74, 6) is -0.153. The van der Waals surface area contributed by atoms with Crippen LogP contribution in [0.5, 0.6) is 0 Å². The second-order valence-electron chi connectivity index (χ2n) is 8.71. The van der Waals surface area contributed by atoms with Gasteiger partial charge in [-0.1, -0.05) is 54.6 Å². The molecule has 4 aromatic rings. The molecule has 162 valence electrons. The first-order chi connectivity index (χ1) is 16.2. The molecule has 6 rings (SSSR count). The van der Waals surface area contributed by atoms with E-state index in [-0.39, 0.29) is 11.7 Å². The van der Waals surface area contributed by atoms with Crippen LogP contribution in [0.3, 0.4) is 0 Å². The molecule has 1 amide bonds. The molecule has 3 aromatic carbocycles. The van der Waals surface area contributed by atoms with Gasteiger partial charge in [0.25, 0.3) is 0 Å². The monoisotopic (exact) mass is 433 g/mol. The first-order valence-electron chi connectivity index (χ1n) is 11.3. The van der Waals surface area contributed by atoms with Crippen LogP contribution in [0.2, 0.25) is 0 Å². The van der Waals surface area contributed by atoms with Crippen molar-refractivity contribution in [3.05, 3.63) is 95.2 Å². The zero-order valence-electron chi connectivity index (χ0n) is 18.2. The molecule has 0 bridgehead atoms. The third kappa shape index (κ3) is 3.41. The number of carbonyl (C=O) groups excluding carboxylic acids is 2. The minimum atomic E-state index is -0.0833. The molecule has 5 heteroatoms. The van der Waals surface area contributed by atoms with E-state index in [1.54, 1.807) is 12.3 Å². The summed E-state index contributed by atoms with van der Waals surface area (Å²) < 4.78 is 0. The zero-order chi connectivity index (χ0) is 22.4. The molecule has 2 heterocycles. The Hall–Kier alpha value is -3.83. The predicted octanol–water partition coefficient (Wildman–Crippen LogP) is 4.83.